The summed E-state index contributed by atoms with van der Waals surface area (Å²) < 4.78 is 4.58. The summed E-state index contributed by atoms with van der Waals surface area (Å²) in [5.41, 5.74) is 0. The molecule has 0 rings (SSSR count). The minimum absolute atomic E-state index is 1.26. The average molecular weight is 260 g/mol. The van der Waals surface area contributed by atoms with Crippen molar-refractivity contribution in [2.45, 2.75) is 55.8 Å². The van der Waals surface area contributed by atoms with E-state index in [1.807, 2.05) is 0 Å². The molecular weight excluding hydrogens is 239 g/mol. The maximum absolute atomic E-state index is 4.77. The molecule has 0 radical (unpaired) electrons. The molecule has 13 heavy (non-hydrogen) atoms. The van der Waals surface area contributed by atoms with Crippen molar-refractivity contribution < 1.29 is 0 Å². The van der Waals surface area contributed by atoms with E-state index in [4.69, 9.17) is 12.2 Å². The van der Waals surface area contributed by atoms with Crippen molar-refractivity contribution >= 4 is 30.9 Å². The summed E-state index contributed by atoms with van der Waals surface area (Å²) in [5, 5.41) is 6.67. The van der Waals surface area contributed by atoms with Crippen LogP contribution in [0.5, 0.6) is 0 Å². The first-order valence-corrected chi connectivity index (χ1v) is 11.1. The number of thiocarbonyl (C=S) groups is 1. The van der Waals surface area contributed by atoms with Gasteiger partial charge in [-0.15, -0.1) is 0 Å². The molecule has 0 atom stereocenters. The summed E-state index contributed by atoms with van der Waals surface area (Å²) in [5.74, 6) is 0. The fraction of sp³-hybridized carbons (Fsp3) is 0.900. The summed E-state index contributed by atoms with van der Waals surface area (Å²) in [6.45, 7) is 6.76. The van der Waals surface area contributed by atoms with Crippen molar-refractivity contribution in [2.75, 3.05) is 0 Å². The molecule has 0 aliphatic heterocycles. The van der Waals surface area contributed by atoms with Gasteiger partial charge in [0.15, 0.2) is 0 Å². The van der Waals surface area contributed by atoms with Gasteiger partial charge in [-0.25, -0.2) is 0 Å². The zero-order chi connectivity index (χ0) is 10.2. The molecule has 0 amide bonds. The third kappa shape index (κ3) is 4.94. The second-order valence-corrected chi connectivity index (χ2v) is 12.6. The molecule has 0 aromatic rings. The van der Waals surface area contributed by atoms with Crippen LogP contribution in [0.2, 0.25) is 15.8 Å². The van der Waals surface area contributed by atoms with Gasteiger partial charge in [-0.2, -0.15) is 0 Å². The van der Waals surface area contributed by atoms with Gasteiger partial charge in [-0.3, -0.25) is 0 Å². The van der Waals surface area contributed by atoms with Gasteiger partial charge in [0.1, 0.15) is 0 Å². The van der Waals surface area contributed by atoms with Crippen LogP contribution in [0.25, 0.3) is 0 Å². The number of hydrogen-bond donors (Lipinski definition) is 0. The van der Waals surface area contributed by atoms with Gasteiger partial charge in [0.25, 0.3) is 0 Å². The Bertz CT molecular complexity index is 159. The molecule has 0 aliphatic rings. The molecule has 0 aliphatic carbocycles. The second kappa shape index (κ2) is 7.72. The fourth-order valence-corrected chi connectivity index (χ4v) is 11.6. The molecule has 0 N–H and O–H groups in total. The predicted molar refractivity (Wildman–Crippen MR) is 66.1 cm³/mol. The van der Waals surface area contributed by atoms with Gasteiger partial charge in [-0.05, 0) is 0 Å². The van der Waals surface area contributed by atoms with Gasteiger partial charge in [0.05, 0.1) is 0 Å². The summed E-state index contributed by atoms with van der Waals surface area (Å²) >= 11 is 2.86. The van der Waals surface area contributed by atoms with Gasteiger partial charge < -0.3 is 0 Å². The molecule has 0 spiro atoms. The van der Waals surface area contributed by atoms with E-state index >= 15 is 0 Å². The maximum atomic E-state index is 4.77. The fourth-order valence-electron chi connectivity index (χ4n) is 2.04. The first kappa shape index (κ1) is 13.3. The molecule has 0 saturated heterocycles. The van der Waals surface area contributed by atoms with Crippen LogP contribution in [0.15, 0.2) is 3.95 Å². The van der Waals surface area contributed by atoms with Crippen LogP contribution in [0, 0.1) is 0 Å². The van der Waals surface area contributed by atoms with Gasteiger partial charge in [-0.1, -0.05) is 0 Å². The summed E-state index contributed by atoms with van der Waals surface area (Å²) in [7, 11) is 0. The van der Waals surface area contributed by atoms with E-state index in [1.165, 1.54) is 35.0 Å². The van der Waals surface area contributed by atoms with Crippen LogP contribution < -0.4 is 0 Å². The molecule has 0 fully saturated rings. The Labute approximate surface area is 90.6 Å². The first-order valence-electron chi connectivity index (χ1n) is 5.33. The van der Waals surface area contributed by atoms with E-state index in [1.54, 1.807) is 0 Å². The first-order chi connectivity index (χ1) is 6.24. The van der Waals surface area contributed by atoms with E-state index in [0.29, 0.717) is 0 Å². The quantitative estimate of drug-likeness (QED) is 0.378. The molecule has 0 unspecified atom stereocenters. The predicted octanol–water partition coefficient (Wildman–Crippen LogP) is 4.26. The zero-order valence-electron chi connectivity index (χ0n) is 9.10. The number of nitrogens with zero attached hydrogens (tertiary/aromatic N) is 1. The number of hydrogen-bond acceptors (Lipinski definition) is 2. The zero-order valence-corrected chi connectivity index (χ0v) is 12.0. The Kier molecular flexibility index (Phi) is 7.92. The minimum atomic E-state index is -1.91. The Hall–Kier alpha value is 0.343. The van der Waals surface area contributed by atoms with Crippen LogP contribution in [0.1, 0.15) is 40.0 Å². The van der Waals surface area contributed by atoms with E-state index in [2.05, 4.69) is 29.9 Å². The van der Waals surface area contributed by atoms with Gasteiger partial charge in [0.2, 0.25) is 0 Å². The van der Waals surface area contributed by atoms with Crippen LogP contribution in [-0.2, 0) is 0 Å². The topological polar surface area (TPSA) is 12.4 Å². The summed E-state index contributed by atoms with van der Waals surface area (Å²) in [6, 6.07) is 0. The van der Waals surface area contributed by atoms with Crippen molar-refractivity contribution in [3.05, 3.63) is 0 Å². The van der Waals surface area contributed by atoms with Gasteiger partial charge in [0, 0.05) is 0 Å². The van der Waals surface area contributed by atoms with Crippen molar-refractivity contribution in [3.8, 4) is 0 Å². The molecule has 0 bridgehead atoms. The molecule has 0 saturated carbocycles. The molecule has 1 nitrogen and oxygen atoms in total. The average Bonchev–Trinajstić information content (AvgIpc) is 2.06. The van der Waals surface area contributed by atoms with Crippen LogP contribution >= 0.6 is 12.2 Å². The monoisotopic (exact) mass is 261 g/mol. The van der Waals surface area contributed by atoms with Crippen molar-refractivity contribution in [2.24, 2.45) is 3.95 Å². The molecule has 3 heteroatoms. The van der Waals surface area contributed by atoms with Crippen LogP contribution in [0.3, 0.4) is 0 Å². The van der Waals surface area contributed by atoms with E-state index in [0.717, 1.165) is 0 Å². The standard InChI is InChI=1S/C10H21GeNS/c1-4-7-11(8-5-2,9-6-3)12-10-13/h4-9H2,1-3H3. The summed E-state index contributed by atoms with van der Waals surface area (Å²) in [4.78, 5) is 0. The normalized spacial score (nSPS) is 11.0. The molecule has 0 aromatic carbocycles. The molecule has 0 aromatic heterocycles. The van der Waals surface area contributed by atoms with Crippen molar-refractivity contribution in [1.82, 2.24) is 0 Å². The second-order valence-electron chi connectivity index (χ2n) is 3.68. The molecule has 76 valence electrons. The molecule has 0 heterocycles. The SMILES string of the molecule is CC[CH2][Ge]([CH2]CC)([CH2]CC)[N]=C=S. The Morgan fingerprint density at radius 3 is 1.62 bits per heavy atom. The van der Waals surface area contributed by atoms with Gasteiger partial charge >= 0.3 is 90.6 Å². The molecular formula is C10H21GeNS. The third-order valence-electron chi connectivity index (χ3n) is 2.43. The Morgan fingerprint density at radius 1 is 1.00 bits per heavy atom. The Morgan fingerprint density at radius 2 is 1.38 bits per heavy atom. The van der Waals surface area contributed by atoms with Crippen LogP contribution in [-0.4, -0.2) is 18.6 Å². The summed E-state index contributed by atoms with van der Waals surface area (Å²) in [6.07, 6.45) is 3.79. The number of rotatable bonds is 7. The Balaban J connectivity index is 4.46. The van der Waals surface area contributed by atoms with Crippen molar-refractivity contribution in [1.29, 1.82) is 0 Å². The number of isothiocyanates is 1. The van der Waals surface area contributed by atoms with E-state index in [-0.39, 0.29) is 0 Å². The van der Waals surface area contributed by atoms with E-state index < -0.39 is 13.5 Å². The van der Waals surface area contributed by atoms with Crippen LogP contribution in [0.4, 0.5) is 0 Å². The van der Waals surface area contributed by atoms with Crippen molar-refractivity contribution in [3.63, 3.8) is 0 Å². The third-order valence-corrected chi connectivity index (χ3v) is 13.1. The van der Waals surface area contributed by atoms with E-state index in [9.17, 15) is 0 Å².